The summed E-state index contributed by atoms with van der Waals surface area (Å²) in [5, 5.41) is 7.49. The fourth-order valence-corrected chi connectivity index (χ4v) is 2.99. The molecule has 3 rings (SSSR count). The van der Waals surface area contributed by atoms with Crippen molar-refractivity contribution in [3.63, 3.8) is 0 Å². The Morgan fingerprint density at radius 2 is 2.11 bits per heavy atom. The molecule has 6 nitrogen and oxygen atoms in total. The van der Waals surface area contributed by atoms with E-state index in [1.54, 1.807) is 18.3 Å². The second kappa shape index (κ2) is 9.73. The molecule has 2 aromatic heterocycles. The second-order valence-corrected chi connectivity index (χ2v) is 6.28. The Labute approximate surface area is 164 Å². The summed E-state index contributed by atoms with van der Waals surface area (Å²) in [7, 11) is 0. The molecule has 0 aliphatic carbocycles. The van der Waals surface area contributed by atoms with E-state index in [4.69, 9.17) is 4.74 Å². The molecular weight excluding hydrogens is 357 g/mol. The number of ether oxygens (including phenoxy) is 1. The van der Waals surface area contributed by atoms with Gasteiger partial charge in [0.1, 0.15) is 5.82 Å². The number of hydrogen-bond acceptors (Lipinski definition) is 3. The highest BCUT2D eigenvalue weighted by Gasteiger charge is 2.07. The molecule has 1 aromatic carbocycles. The number of aromatic amines is 1. The van der Waals surface area contributed by atoms with Crippen LogP contribution in [0.5, 0.6) is 5.88 Å². The second-order valence-electron chi connectivity index (χ2n) is 6.28. The Balaban J connectivity index is 1.63. The Morgan fingerprint density at radius 3 is 2.93 bits per heavy atom. The molecule has 0 aliphatic heterocycles. The molecule has 2 heterocycles. The lowest BCUT2D eigenvalue weighted by atomic mass is 10.1. The van der Waals surface area contributed by atoms with Gasteiger partial charge in [0.2, 0.25) is 5.88 Å². The minimum atomic E-state index is -0.224. The van der Waals surface area contributed by atoms with Gasteiger partial charge in [0, 0.05) is 41.9 Å². The number of nitrogens with zero attached hydrogens (tertiary/aromatic N) is 2. The number of aliphatic imine (C=N–C) groups is 1. The number of rotatable bonds is 8. The first-order chi connectivity index (χ1) is 13.7. The smallest absolute Gasteiger partial charge is 0.218 e. The van der Waals surface area contributed by atoms with Crippen LogP contribution in [0.2, 0.25) is 0 Å². The van der Waals surface area contributed by atoms with Gasteiger partial charge in [-0.05, 0) is 50.1 Å². The van der Waals surface area contributed by atoms with Crippen molar-refractivity contribution < 1.29 is 9.13 Å². The van der Waals surface area contributed by atoms with Gasteiger partial charge in [-0.25, -0.2) is 14.4 Å². The zero-order valence-corrected chi connectivity index (χ0v) is 16.3. The SMILES string of the molecule is CCNC(=NCc1cccnc1OCC)NCCc1c[nH]c2ccc(F)cc12. The van der Waals surface area contributed by atoms with Gasteiger partial charge in [0.05, 0.1) is 13.2 Å². The lowest BCUT2D eigenvalue weighted by Gasteiger charge is -2.12. The normalized spacial score (nSPS) is 11.6. The maximum absolute atomic E-state index is 13.5. The Bertz CT molecular complexity index is 937. The summed E-state index contributed by atoms with van der Waals surface area (Å²) >= 11 is 0. The minimum absolute atomic E-state index is 0.224. The van der Waals surface area contributed by atoms with Crippen LogP contribution in [0.25, 0.3) is 10.9 Å². The fraction of sp³-hybridized carbons (Fsp3) is 0.333. The van der Waals surface area contributed by atoms with Crippen molar-refractivity contribution in [3.05, 3.63) is 59.7 Å². The van der Waals surface area contributed by atoms with E-state index < -0.39 is 0 Å². The van der Waals surface area contributed by atoms with Crippen LogP contribution in [-0.2, 0) is 13.0 Å². The highest BCUT2D eigenvalue weighted by molar-refractivity contribution is 5.83. The number of pyridine rings is 1. The molecule has 3 N–H and O–H groups in total. The summed E-state index contributed by atoms with van der Waals surface area (Å²) in [6.45, 7) is 6.43. The predicted octanol–water partition coefficient (Wildman–Crippen LogP) is 3.40. The fourth-order valence-electron chi connectivity index (χ4n) is 2.99. The van der Waals surface area contributed by atoms with Gasteiger partial charge in [0.25, 0.3) is 0 Å². The van der Waals surface area contributed by atoms with Crippen LogP contribution in [-0.4, -0.2) is 35.6 Å². The summed E-state index contributed by atoms with van der Waals surface area (Å²) in [6.07, 6.45) is 4.40. The topological polar surface area (TPSA) is 74.3 Å². The molecule has 0 atom stereocenters. The van der Waals surface area contributed by atoms with Crippen molar-refractivity contribution in [1.82, 2.24) is 20.6 Å². The van der Waals surface area contributed by atoms with Crippen molar-refractivity contribution in [2.45, 2.75) is 26.8 Å². The maximum Gasteiger partial charge on any atom is 0.218 e. The van der Waals surface area contributed by atoms with Gasteiger partial charge >= 0.3 is 0 Å². The monoisotopic (exact) mass is 383 g/mol. The maximum atomic E-state index is 13.5. The quantitative estimate of drug-likeness (QED) is 0.412. The number of guanidine groups is 1. The Hall–Kier alpha value is -3.09. The van der Waals surface area contributed by atoms with Crippen LogP contribution >= 0.6 is 0 Å². The highest BCUT2D eigenvalue weighted by atomic mass is 19.1. The average molecular weight is 383 g/mol. The van der Waals surface area contributed by atoms with E-state index in [1.807, 2.05) is 32.2 Å². The molecule has 0 unspecified atom stereocenters. The van der Waals surface area contributed by atoms with E-state index in [1.165, 1.54) is 6.07 Å². The first kappa shape index (κ1) is 19.7. The van der Waals surface area contributed by atoms with Gasteiger partial charge in [-0.2, -0.15) is 0 Å². The van der Waals surface area contributed by atoms with Gasteiger partial charge in [-0.3, -0.25) is 0 Å². The summed E-state index contributed by atoms with van der Waals surface area (Å²) < 4.78 is 19.1. The molecule has 0 aliphatic rings. The van der Waals surface area contributed by atoms with Crippen molar-refractivity contribution in [1.29, 1.82) is 0 Å². The van der Waals surface area contributed by atoms with Crippen LogP contribution in [0, 0.1) is 5.82 Å². The van der Waals surface area contributed by atoms with Gasteiger partial charge in [-0.15, -0.1) is 0 Å². The number of benzene rings is 1. The molecule has 0 radical (unpaired) electrons. The van der Waals surface area contributed by atoms with E-state index in [-0.39, 0.29) is 5.82 Å². The number of halogens is 1. The van der Waals surface area contributed by atoms with Gasteiger partial charge in [0.15, 0.2) is 5.96 Å². The summed E-state index contributed by atoms with van der Waals surface area (Å²) in [4.78, 5) is 12.1. The Morgan fingerprint density at radius 1 is 1.21 bits per heavy atom. The molecule has 0 saturated heterocycles. The molecule has 0 saturated carbocycles. The third-order valence-corrected chi connectivity index (χ3v) is 4.30. The zero-order valence-electron chi connectivity index (χ0n) is 16.3. The third-order valence-electron chi connectivity index (χ3n) is 4.30. The standard InChI is InChI=1S/C21H26FN5O/c1-3-23-21(27-14-16-6-5-10-24-20(16)28-4-2)25-11-9-15-13-26-19-8-7-17(22)12-18(15)19/h5-8,10,12-13,26H,3-4,9,11,14H2,1-2H3,(H2,23,25,27). The molecule has 0 amide bonds. The predicted molar refractivity (Wildman–Crippen MR) is 110 cm³/mol. The van der Waals surface area contributed by atoms with E-state index in [0.717, 1.165) is 41.0 Å². The van der Waals surface area contributed by atoms with Crippen molar-refractivity contribution in [2.75, 3.05) is 19.7 Å². The summed E-state index contributed by atoms with van der Waals surface area (Å²) in [6, 6.07) is 8.64. The molecule has 148 valence electrons. The van der Waals surface area contributed by atoms with E-state index in [9.17, 15) is 4.39 Å². The van der Waals surface area contributed by atoms with Crippen molar-refractivity contribution >= 4 is 16.9 Å². The van der Waals surface area contributed by atoms with Gasteiger partial charge < -0.3 is 20.4 Å². The number of aromatic nitrogens is 2. The number of fused-ring (bicyclic) bond motifs is 1. The highest BCUT2D eigenvalue weighted by Crippen LogP contribution is 2.19. The number of H-pyrrole nitrogens is 1. The molecule has 0 spiro atoms. The summed E-state index contributed by atoms with van der Waals surface area (Å²) in [5.41, 5.74) is 2.95. The molecule has 0 bridgehead atoms. The zero-order chi connectivity index (χ0) is 19.8. The number of hydrogen-bond donors (Lipinski definition) is 3. The van der Waals surface area contributed by atoms with E-state index in [2.05, 4.69) is 25.6 Å². The minimum Gasteiger partial charge on any atom is -0.478 e. The van der Waals surface area contributed by atoms with Gasteiger partial charge in [-0.1, -0.05) is 6.07 Å². The first-order valence-electron chi connectivity index (χ1n) is 9.55. The lowest BCUT2D eigenvalue weighted by molar-refractivity contribution is 0.323. The molecule has 28 heavy (non-hydrogen) atoms. The molecule has 0 fully saturated rings. The van der Waals surface area contributed by atoms with E-state index in [0.29, 0.717) is 25.6 Å². The van der Waals surface area contributed by atoms with Crippen molar-refractivity contribution in [3.8, 4) is 5.88 Å². The number of nitrogens with one attached hydrogen (secondary N) is 3. The Kier molecular flexibility index (Phi) is 6.84. The van der Waals surface area contributed by atoms with Crippen LogP contribution in [0.3, 0.4) is 0 Å². The summed E-state index contributed by atoms with van der Waals surface area (Å²) in [5.74, 6) is 1.11. The lowest BCUT2D eigenvalue weighted by Crippen LogP contribution is -2.38. The van der Waals surface area contributed by atoms with E-state index >= 15 is 0 Å². The molecular formula is C21H26FN5O. The van der Waals surface area contributed by atoms with Crippen LogP contribution in [0.15, 0.2) is 47.7 Å². The molecule has 3 aromatic rings. The first-order valence-corrected chi connectivity index (χ1v) is 9.55. The van der Waals surface area contributed by atoms with Crippen LogP contribution in [0.4, 0.5) is 4.39 Å². The third kappa shape index (κ3) is 5.00. The average Bonchev–Trinajstić information content (AvgIpc) is 3.09. The largest absolute Gasteiger partial charge is 0.478 e. The van der Waals surface area contributed by atoms with Crippen molar-refractivity contribution in [2.24, 2.45) is 4.99 Å². The van der Waals surface area contributed by atoms with Crippen LogP contribution in [0.1, 0.15) is 25.0 Å². The molecule has 7 heteroatoms. The van der Waals surface area contributed by atoms with Crippen LogP contribution < -0.4 is 15.4 Å².